The molecular weight excluding hydrogens is 232 g/mol. The van der Waals surface area contributed by atoms with Crippen LogP contribution < -0.4 is 5.32 Å². The smallest absolute Gasteiger partial charge is 0.0234 e. The van der Waals surface area contributed by atoms with E-state index in [4.69, 9.17) is 0 Å². The first-order valence-corrected chi connectivity index (χ1v) is 7.85. The molecule has 1 heterocycles. The van der Waals surface area contributed by atoms with E-state index in [1.165, 1.54) is 50.0 Å². The molecule has 1 aromatic carbocycles. The molecule has 1 unspecified atom stereocenters. The fraction of sp³-hybridized carbons (Fsp3) is 0.647. The third-order valence-electron chi connectivity index (χ3n) is 4.02. The highest BCUT2D eigenvalue weighted by Crippen LogP contribution is 2.12. The highest BCUT2D eigenvalue weighted by molar-refractivity contribution is 5.22. The topological polar surface area (TPSA) is 15.3 Å². The molecule has 1 aliphatic rings. The third-order valence-corrected chi connectivity index (χ3v) is 4.02. The molecule has 2 nitrogen and oxygen atoms in total. The number of hydrogen-bond donors (Lipinski definition) is 1. The molecule has 0 saturated carbocycles. The van der Waals surface area contributed by atoms with E-state index in [0.717, 1.165) is 13.0 Å². The molecule has 0 spiro atoms. The highest BCUT2D eigenvalue weighted by atomic mass is 15.1. The third kappa shape index (κ3) is 4.63. The Bertz CT molecular complexity index is 352. The summed E-state index contributed by atoms with van der Waals surface area (Å²) in [6.07, 6.45) is 5.05. The van der Waals surface area contributed by atoms with Crippen molar-refractivity contribution in [2.75, 3.05) is 19.6 Å². The van der Waals surface area contributed by atoms with Gasteiger partial charge in [0.1, 0.15) is 0 Å². The van der Waals surface area contributed by atoms with Crippen LogP contribution in [-0.4, -0.2) is 30.6 Å². The largest absolute Gasteiger partial charge is 0.313 e. The summed E-state index contributed by atoms with van der Waals surface area (Å²) in [7, 11) is 0. The van der Waals surface area contributed by atoms with Crippen molar-refractivity contribution < 1.29 is 0 Å². The highest BCUT2D eigenvalue weighted by Gasteiger charge is 2.17. The number of benzene rings is 1. The van der Waals surface area contributed by atoms with Crippen LogP contribution in [0.1, 0.15) is 44.2 Å². The summed E-state index contributed by atoms with van der Waals surface area (Å²) in [5.74, 6) is 0. The van der Waals surface area contributed by atoms with E-state index in [2.05, 4.69) is 48.3 Å². The maximum Gasteiger partial charge on any atom is 0.0234 e. The number of rotatable bonds is 7. The Morgan fingerprint density at radius 1 is 1.16 bits per heavy atom. The van der Waals surface area contributed by atoms with Crippen LogP contribution in [0.3, 0.4) is 0 Å². The SMILES string of the molecule is CCCN(Cc1ccc(CC)cc1)CC1CCCN1. The van der Waals surface area contributed by atoms with Gasteiger partial charge < -0.3 is 5.32 Å². The standard InChI is InChI=1S/C17H28N2/c1-3-12-19(14-17-6-5-11-18-17)13-16-9-7-15(4-2)8-10-16/h7-10,17-18H,3-6,11-14H2,1-2H3. The van der Waals surface area contributed by atoms with Gasteiger partial charge in [-0.15, -0.1) is 0 Å². The average Bonchev–Trinajstić information content (AvgIpc) is 2.93. The van der Waals surface area contributed by atoms with Crippen molar-refractivity contribution in [3.8, 4) is 0 Å². The van der Waals surface area contributed by atoms with E-state index in [-0.39, 0.29) is 0 Å². The zero-order valence-electron chi connectivity index (χ0n) is 12.5. The number of hydrogen-bond acceptors (Lipinski definition) is 2. The van der Waals surface area contributed by atoms with Gasteiger partial charge in [0.05, 0.1) is 0 Å². The van der Waals surface area contributed by atoms with Crippen LogP contribution in [0.5, 0.6) is 0 Å². The molecule has 2 heteroatoms. The van der Waals surface area contributed by atoms with Gasteiger partial charge in [-0.2, -0.15) is 0 Å². The summed E-state index contributed by atoms with van der Waals surface area (Å²) < 4.78 is 0. The van der Waals surface area contributed by atoms with Crippen molar-refractivity contribution in [1.29, 1.82) is 0 Å². The van der Waals surface area contributed by atoms with Crippen molar-refractivity contribution in [1.82, 2.24) is 10.2 Å². The monoisotopic (exact) mass is 260 g/mol. The molecule has 0 aliphatic carbocycles. The van der Waals surface area contributed by atoms with E-state index in [0.29, 0.717) is 6.04 Å². The predicted molar refractivity (Wildman–Crippen MR) is 82.4 cm³/mol. The van der Waals surface area contributed by atoms with Crippen LogP contribution in [0.4, 0.5) is 0 Å². The van der Waals surface area contributed by atoms with Crippen LogP contribution in [0.2, 0.25) is 0 Å². The summed E-state index contributed by atoms with van der Waals surface area (Å²) in [5, 5.41) is 3.61. The molecular formula is C17H28N2. The summed E-state index contributed by atoms with van der Waals surface area (Å²) in [5.41, 5.74) is 2.88. The van der Waals surface area contributed by atoms with E-state index in [1.54, 1.807) is 0 Å². The maximum absolute atomic E-state index is 3.61. The van der Waals surface area contributed by atoms with Crippen LogP contribution in [0.15, 0.2) is 24.3 Å². The summed E-state index contributed by atoms with van der Waals surface area (Å²) in [4.78, 5) is 2.60. The van der Waals surface area contributed by atoms with Gasteiger partial charge in [0.15, 0.2) is 0 Å². The van der Waals surface area contributed by atoms with Gasteiger partial charge in [0, 0.05) is 19.1 Å². The Balaban J connectivity index is 1.90. The van der Waals surface area contributed by atoms with Crippen molar-refractivity contribution in [2.24, 2.45) is 0 Å². The molecule has 0 aromatic heterocycles. The Morgan fingerprint density at radius 3 is 2.47 bits per heavy atom. The molecule has 106 valence electrons. The first-order chi connectivity index (χ1) is 9.31. The van der Waals surface area contributed by atoms with Crippen LogP contribution in [-0.2, 0) is 13.0 Å². The second-order valence-electron chi connectivity index (χ2n) is 5.70. The lowest BCUT2D eigenvalue weighted by Crippen LogP contribution is -2.37. The first kappa shape index (κ1) is 14.5. The molecule has 1 fully saturated rings. The van der Waals surface area contributed by atoms with Crippen LogP contribution >= 0.6 is 0 Å². The molecule has 19 heavy (non-hydrogen) atoms. The van der Waals surface area contributed by atoms with Gasteiger partial charge >= 0.3 is 0 Å². The lowest BCUT2D eigenvalue weighted by Gasteiger charge is -2.25. The molecule has 2 rings (SSSR count). The van der Waals surface area contributed by atoms with E-state index < -0.39 is 0 Å². The quantitative estimate of drug-likeness (QED) is 0.810. The molecule has 0 amide bonds. The van der Waals surface area contributed by atoms with Gasteiger partial charge in [0.2, 0.25) is 0 Å². The first-order valence-electron chi connectivity index (χ1n) is 7.85. The molecule has 1 saturated heterocycles. The maximum atomic E-state index is 3.61. The lowest BCUT2D eigenvalue weighted by atomic mass is 10.1. The fourth-order valence-electron chi connectivity index (χ4n) is 2.91. The molecule has 1 aromatic rings. The molecule has 0 radical (unpaired) electrons. The molecule has 1 aliphatic heterocycles. The second kappa shape index (κ2) is 7.66. The fourth-order valence-corrected chi connectivity index (χ4v) is 2.91. The molecule has 0 bridgehead atoms. The van der Waals surface area contributed by atoms with Crippen molar-refractivity contribution in [2.45, 2.75) is 52.1 Å². The summed E-state index contributed by atoms with van der Waals surface area (Å²) in [6.45, 7) is 9.18. The van der Waals surface area contributed by atoms with E-state index in [9.17, 15) is 0 Å². The van der Waals surface area contributed by atoms with E-state index in [1.807, 2.05) is 0 Å². The Labute approximate surface area is 118 Å². The summed E-state index contributed by atoms with van der Waals surface area (Å²) in [6, 6.07) is 9.84. The zero-order chi connectivity index (χ0) is 13.5. The second-order valence-corrected chi connectivity index (χ2v) is 5.70. The van der Waals surface area contributed by atoms with Gasteiger partial charge in [0.25, 0.3) is 0 Å². The summed E-state index contributed by atoms with van der Waals surface area (Å²) >= 11 is 0. The minimum atomic E-state index is 0.710. The molecule has 1 N–H and O–H groups in total. The van der Waals surface area contributed by atoms with Crippen LogP contribution in [0.25, 0.3) is 0 Å². The van der Waals surface area contributed by atoms with Crippen molar-refractivity contribution >= 4 is 0 Å². The zero-order valence-corrected chi connectivity index (χ0v) is 12.5. The number of nitrogens with one attached hydrogen (secondary N) is 1. The number of nitrogens with zero attached hydrogens (tertiary/aromatic N) is 1. The Kier molecular flexibility index (Phi) is 5.87. The Hall–Kier alpha value is -0.860. The lowest BCUT2D eigenvalue weighted by molar-refractivity contribution is 0.241. The Morgan fingerprint density at radius 2 is 1.89 bits per heavy atom. The number of aryl methyl sites for hydroxylation is 1. The predicted octanol–water partition coefficient (Wildman–Crippen LogP) is 3.21. The van der Waals surface area contributed by atoms with Gasteiger partial charge in [-0.1, -0.05) is 38.1 Å². The molecule has 1 atom stereocenters. The van der Waals surface area contributed by atoms with Crippen molar-refractivity contribution in [3.63, 3.8) is 0 Å². The van der Waals surface area contributed by atoms with Gasteiger partial charge in [-0.3, -0.25) is 4.90 Å². The van der Waals surface area contributed by atoms with E-state index >= 15 is 0 Å². The minimum Gasteiger partial charge on any atom is -0.313 e. The minimum absolute atomic E-state index is 0.710. The van der Waals surface area contributed by atoms with Crippen molar-refractivity contribution in [3.05, 3.63) is 35.4 Å². The van der Waals surface area contributed by atoms with Crippen LogP contribution in [0, 0.1) is 0 Å². The van der Waals surface area contributed by atoms with Gasteiger partial charge in [-0.25, -0.2) is 0 Å². The normalized spacial score (nSPS) is 19.2. The average molecular weight is 260 g/mol. The van der Waals surface area contributed by atoms with Gasteiger partial charge in [-0.05, 0) is 49.9 Å².